The number of hydrogen-bond donors (Lipinski definition) is 1. The van der Waals surface area contributed by atoms with Crippen molar-refractivity contribution in [2.45, 2.75) is 25.2 Å². The largest absolute Gasteiger partial charge is 0.416 e. The van der Waals surface area contributed by atoms with E-state index < -0.39 is 23.2 Å². The smallest absolute Gasteiger partial charge is 0.332 e. The molecule has 3 aromatic rings. The first kappa shape index (κ1) is 22.2. The standard InChI is InChI=1S/C19H12Cl3F3N4O/c1-18(8-26,27-17(30)10-2-4-11(5-3-10)19(23,24)25)9-29-7-12-13(20)6-14(21)15(22)16(12)28-29/h2-7H,9H2,1H3,(H,27,30). The Morgan fingerprint density at radius 1 is 1.20 bits per heavy atom. The number of nitrogens with zero attached hydrogens (tertiary/aromatic N) is 3. The lowest BCUT2D eigenvalue weighted by Crippen LogP contribution is -2.48. The molecular formula is C19H12Cl3F3N4O. The van der Waals surface area contributed by atoms with Crippen LogP contribution in [0.15, 0.2) is 36.5 Å². The van der Waals surface area contributed by atoms with Crippen molar-refractivity contribution in [3.63, 3.8) is 0 Å². The zero-order valence-electron chi connectivity index (χ0n) is 15.2. The van der Waals surface area contributed by atoms with Gasteiger partial charge in [0.1, 0.15) is 11.1 Å². The topological polar surface area (TPSA) is 70.7 Å². The van der Waals surface area contributed by atoms with E-state index in [2.05, 4.69) is 10.4 Å². The highest BCUT2D eigenvalue weighted by atomic mass is 35.5. The molecule has 3 rings (SSSR count). The predicted octanol–water partition coefficient (Wildman–Crippen LogP) is 5.73. The molecule has 2 aromatic carbocycles. The predicted molar refractivity (Wildman–Crippen MR) is 108 cm³/mol. The maximum Gasteiger partial charge on any atom is 0.416 e. The van der Waals surface area contributed by atoms with Crippen LogP contribution in [0.5, 0.6) is 0 Å². The average molecular weight is 476 g/mol. The first-order valence-corrected chi connectivity index (χ1v) is 9.48. The van der Waals surface area contributed by atoms with Crippen LogP contribution in [-0.2, 0) is 12.7 Å². The first-order valence-electron chi connectivity index (χ1n) is 8.35. The number of nitrogens with one attached hydrogen (secondary N) is 1. The van der Waals surface area contributed by atoms with E-state index in [9.17, 15) is 23.2 Å². The van der Waals surface area contributed by atoms with Crippen molar-refractivity contribution in [3.8, 4) is 6.07 Å². The first-order chi connectivity index (χ1) is 13.9. The minimum absolute atomic E-state index is 0.0204. The van der Waals surface area contributed by atoms with Gasteiger partial charge in [0.05, 0.1) is 33.2 Å². The number of amides is 1. The minimum atomic E-state index is -4.51. The molecule has 1 aromatic heterocycles. The third kappa shape index (κ3) is 4.48. The summed E-state index contributed by atoms with van der Waals surface area (Å²) in [6.07, 6.45) is -2.95. The van der Waals surface area contributed by atoms with Crippen LogP contribution in [0.1, 0.15) is 22.8 Å². The van der Waals surface area contributed by atoms with E-state index in [1.165, 1.54) is 17.7 Å². The molecule has 1 heterocycles. The number of aromatic nitrogens is 2. The van der Waals surface area contributed by atoms with Crippen molar-refractivity contribution >= 4 is 51.6 Å². The quantitative estimate of drug-likeness (QED) is 0.490. The number of nitriles is 1. The van der Waals surface area contributed by atoms with Crippen LogP contribution in [0.4, 0.5) is 13.2 Å². The molecule has 11 heteroatoms. The van der Waals surface area contributed by atoms with Crippen molar-refractivity contribution in [2.24, 2.45) is 0 Å². The molecule has 0 aliphatic carbocycles. The second-order valence-electron chi connectivity index (χ2n) is 6.72. The molecule has 1 amide bonds. The highest BCUT2D eigenvalue weighted by molar-refractivity contribution is 6.47. The summed E-state index contributed by atoms with van der Waals surface area (Å²) in [5.74, 6) is -0.705. The molecule has 0 aliphatic heterocycles. The Morgan fingerprint density at radius 2 is 1.83 bits per heavy atom. The molecule has 0 spiro atoms. The molecular weight excluding hydrogens is 464 g/mol. The summed E-state index contributed by atoms with van der Waals surface area (Å²) in [4.78, 5) is 12.5. The van der Waals surface area contributed by atoms with Gasteiger partial charge in [-0.15, -0.1) is 0 Å². The van der Waals surface area contributed by atoms with Gasteiger partial charge in [-0.2, -0.15) is 23.5 Å². The molecule has 0 aliphatic rings. The Balaban J connectivity index is 1.83. The van der Waals surface area contributed by atoms with Crippen LogP contribution in [0.25, 0.3) is 10.9 Å². The van der Waals surface area contributed by atoms with Crippen molar-refractivity contribution < 1.29 is 18.0 Å². The van der Waals surface area contributed by atoms with E-state index in [0.717, 1.165) is 24.3 Å². The van der Waals surface area contributed by atoms with Gasteiger partial charge in [0, 0.05) is 17.1 Å². The maximum atomic E-state index is 12.7. The number of carbonyl (C=O) groups is 1. The highest BCUT2D eigenvalue weighted by Gasteiger charge is 2.31. The number of alkyl halides is 3. The van der Waals surface area contributed by atoms with E-state index in [1.54, 1.807) is 6.20 Å². The molecule has 0 saturated heterocycles. The van der Waals surface area contributed by atoms with Gasteiger partial charge in [-0.05, 0) is 37.3 Å². The second-order valence-corrected chi connectivity index (χ2v) is 7.91. The molecule has 0 saturated carbocycles. The van der Waals surface area contributed by atoms with Gasteiger partial charge < -0.3 is 5.32 Å². The van der Waals surface area contributed by atoms with E-state index in [1.807, 2.05) is 6.07 Å². The Kier molecular flexibility index (Phi) is 5.92. The second kappa shape index (κ2) is 7.99. The van der Waals surface area contributed by atoms with Crippen LogP contribution in [0.3, 0.4) is 0 Å². The van der Waals surface area contributed by atoms with E-state index in [4.69, 9.17) is 34.8 Å². The number of rotatable bonds is 4. The third-order valence-corrected chi connectivity index (χ3v) is 5.37. The van der Waals surface area contributed by atoms with Gasteiger partial charge in [-0.3, -0.25) is 9.48 Å². The van der Waals surface area contributed by atoms with Crippen LogP contribution in [-0.4, -0.2) is 21.2 Å². The van der Waals surface area contributed by atoms with Gasteiger partial charge in [0.25, 0.3) is 5.91 Å². The molecule has 5 nitrogen and oxygen atoms in total. The summed E-state index contributed by atoms with van der Waals surface area (Å²) < 4.78 is 39.4. The molecule has 156 valence electrons. The number of hydrogen-bond acceptors (Lipinski definition) is 3. The monoisotopic (exact) mass is 474 g/mol. The van der Waals surface area contributed by atoms with Crippen molar-refractivity contribution in [3.05, 3.63) is 62.7 Å². The lowest BCUT2D eigenvalue weighted by Gasteiger charge is -2.23. The summed E-state index contributed by atoms with van der Waals surface area (Å²) in [7, 11) is 0. The van der Waals surface area contributed by atoms with E-state index in [0.29, 0.717) is 15.9 Å². The van der Waals surface area contributed by atoms with E-state index in [-0.39, 0.29) is 22.2 Å². The minimum Gasteiger partial charge on any atom is -0.332 e. The molecule has 1 N–H and O–H groups in total. The highest BCUT2D eigenvalue weighted by Crippen LogP contribution is 2.35. The van der Waals surface area contributed by atoms with Gasteiger partial charge in [0.2, 0.25) is 0 Å². The van der Waals surface area contributed by atoms with Crippen LogP contribution in [0, 0.1) is 11.3 Å². The normalized spacial score (nSPS) is 13.7. The molecule has 0 bridgehead atoms. The molecule has 1 atom stereocenters. The number of fused-ring (bicyclic) bond motifs is 1. The number of benzene rings is 2. The fraction of sp³-hybridized carbons (Fsp3) is 0.211. The molecule has 1 unspecified atom stereocenters. The zero-order valence-corrected chi connectivity index (χ0v) is 17.5. The Morgan fingerprint density at radius 3 is 2.40 bits per heavy atom. The summed E-state index contributed by atoms with van der Waals surface area (Å²) in [6, 6.07) is 7.13. The van der Waals surface area contributed by atoms with Gasteiger partial charge in [0.15, 0.2) is 0 Å². The van der Waals surface area contributed by atoms with Crippen LogP contribution < -0.4 is 5.32 Å². The number of halogens is 6. The van der Waals surface area contributed by atoms with E-state index >= 15 is 0 Å². The lowest BCUT2D eigenvalue weighted by molar-refractivity contribution is -0.137. The molecule has 0 fully saturated rings. The summed E-state index contributed by atoms with van der Waals surface area (Å²) in [5, 5.41) is 17.6. The Hall–Kier alpha value is -2.47. The molecule has 30 heavy (non-hydrogen) atoms. The Labute approximate surface area is 183 Å². The maximum absolute atomic E-state index is 12.7. The van der Waals surface area contributed by atoms with Crippen molar-refractivity contribution in [1.82, 2.24) is 15.1 Å². The summed E-state index contributed by atoms with van der Waals surface area (Å²) >= 11 is 18.3. The van der Waals surface area contributed by atoms with Gasteiger partial charge in [-0.25, -0.2) is 0 Å². The summed E-state index contributed by atoms with van der Waals surface area (Å²) in [6.45, 7) is 1.38. The summed E-state index contributed by atoms with van der Waals surface area (Å²) in [5.41, 5.74) is -1.99. The fourth-order valence-corrected chi connectivity index (χ4v) is 3.46. The van der Waals surface area contributed by atoms with Crippen LogP contribution >= 0.6 is 34.8 Å². The number of carbonyl (C=O) groups excluding carboxylic acids is 1. The average Bonchev–Trinajstić information content (AvgIpc) is 3.09. The SMILES string of the molecule is CC(C#N)(Cn1cc2c(Cl)cc(Cl)c(Cl)c2n1)NC(=O)c1ccc(C(F)(F)F)cc1. The molecule has 0 radical (unpaired) electrons. The van der Waals surface area contributed by atoms with Crippen LogP contribution in [0.2, 0.25) is 15.1 Å². The third-order valence-electron chi connectivity index (χ3n) is 4.28. The fourth-order valence-electron chi connectivity index (χ4n) is 2.76. The lowest BCUT2D eigenvalue weighted by atomic mass is 10.0. The van der Waals surface area contributed by atoms with Crippen molar-refractivity contribution in [1.29, 1.82) is 5.26 Å². The van der Waals surface area contributed by atoms with Gasteiger partial charge >= 0.3 is 6.18 Å². The zero-order chi connectivity index (χ0) is 22.3. The van der Waals surface area contributed by atoms with Gasteiger partial charge in [-0.1, -0.05) is 34.8 Å². The van der Waals surface area contributed by atoms with Crippen molar-refractivity contribution in [2.75, 3.05) is 0 Å². The Bertz CT molecular complexity index is 1170.